The number of aromatic nitrogens is 2. The van der Waals surface area contributed by atoms with Crippen LogP contribution in [0.1, 0.15) is 27.6 Å². The van der Waals surface area contributed by atoms with E-state index in [9.17, 15) is 9.59 Å². The number of rotatable bonds is 3. The van der Waals surface area contributed by atoms with E-state index >= 15 is 0 Å². The highest BCUT2D eigenvalue weighted by Crippen LogP contribution is 2.21. The van der Waals surface area contributed by atoms with Crippen molar-refractivity contribution in [3.8, 4) is 11.4 Å². The molecule has 1 aromatic heterocycles. The summed E-state index contributed by atoms with van der Waals surface area (Å²) in [6.45, 7) is 1.54. The molecule has 0 radical (unpaired) electrons. The number of hydrogen-bond donors (Lipinski definition) is 1. The van der Waals surface area contributed by atoms with Gasteiger partial charge in [0, 0.05) is 16.7 Å². The first-order valence-electron chi connectivity index (χ1n) is 6.24. The first-order valence-corrected chi connectivity index (χ1v) is 6.24. The number of hydrogen-bond acceptors (Lipinski definition) is 3. The molecule has 0 unspecified atom stereocenters. The van der Waals surface area contributed by atoms with Crippen LogP contribution in [0, 0.1) is 0 Å². The topological polar surface area (TPSA) is 62.8 Å². The van der Waals surface area contributed by atoms with Crippen molar-refractivity contribution in [3.63, 3.8) is 0 Å². The van der Waals surface area contributed by atoms with Crippen molar-refractivity contribution in [2.45, 2.75) is 6.92 Å². The second kappa shape index (κ2) is 4.74. The van der Waals surface area contributed by atoms with Gasteiger partial charge in [0.1, 0.15) is 12.1 Å². The average Bonchev–Trinajstić information content (AvgIpc) is 2.90. The van der Waals surface area contributed by atoms with Crippen LogP contribution in [0.5, 0.6) is 0 Å². The van der Waals surface area contributed by atoms with E-state index in [4.69, 9.17) is 0 Å². The largest absolute Gasteiger partial charge is 0.338 e. The minimum absolute atomic E-state index is 0.0387. The molecule has 0 bridgehead atoms. The Hall–Kier alpha value is -2.75. The normalized spacial score (nSPS) is 10.7. The van der Waals surface area contributed by atoms with Crippen molar-refractivity contribution in [1.29, 1.82) is 0 Å². The number of nitrogens with one attached hydrogen (secondary N) is 1. The molecule has 3 aromatic rings. The predicted octanol–water partition coefficient (Wildman–Crippen LogP) is 3.25. The maximum atomic E-state index is 11.2. The van der Waals surface area contributed by atoms with Crippen LogP contribution in [0.3, 0.4) is 0 Å². The Morgan fingerprint density at radius 2 is 1.90 bits per heavy atom. The van der Waals surface area contributed by atoms with Crippen molar-refractivity contribution in [2.24, 2.45) is 0 Å². The summed E-state index contributed by atoms with van der Waals surface area (Å²) in [5, 5.41) is 0. The first-order chi connectivity index (χ1) is 9.67. The maximum Gasteiger partial charge on any atom is 0.159 e. The Balaban J connectivity index is 2.05. The number of Topliss-reactive ketones (excluding diaryl/α,β-unsaturated/α-hetero) is 1. The number of imidazole rings is 1. The van der Waals surface area contributed by atoms with Gasteiger partial charge in [-0.05, 0) is 25.1 Å². The monoisotopic (exact) mass is 264 g/mol. The molecule has 3 rings (SSSR count). The molecule has 4 nitrogen and oxygen atoms in total. The maximum absolute atomic E-state index is 11.2. The molecule has 0 saturated heterocycles. The highest BCUT2D eigenvalue weighted by atomic mass is 16.1. The summed E-state index contributed by atoms with van der Waals surface area (Å²) in [5.74, 6) is 0.759. The molecule has 20 heavy (non-hydrogen) atoms. The average molecular weight is 264 g/mol. The van der Waals surface area contributed by atoms with Gasteiger partial charge >= 0.3 is 0 Å². The number of fused-ring (bicyclic) bond motifs is 1. The van der Waals surface area contributed by atoms with E-state index in [1.54, 1.807) is 24.3 Å². The highest BCUT2D eigenvalue weighted by Gasteiger charge is 2.07. The number of aromatic amines is 1. The smallest absolute Gasteiger partial charge is 0.159 e. The van der Waals surface area contributed by atoms with Crippen LogP contribution in [-0.4, -0.2) is 22.0 Å². The fraction of sp³-hybridized carbons (Fsp3) is 0.0625. The lowest BCUT2D eigenvalue weighted by Gasteiger charge is -1.98. The van der Waals surface area contributed by atoms with E-state index in [0.29, 0.717) is 11.1 Å². The zero-order valence-electron chi connectivity index (χ0n) is 10.9. The summed E-state index contributed by atoms with van der Waals surface area (Å²) in [6, 6.07) is 12.6. The summed E-state index contributed by atoms with van der Waals surface area (Å²) in [5.41, 5.74) is 3.81. The number of carbonyl (C=O) groups excluding carboxylic acids is 2. The molecule has 0 aliphatic heterocycles. The van der Waals surface area contributed by atoms with Gasteiger partial charge in [-0.3, -0.25) is 9.59 Å². The van der Waals surface area contributed by atoms with E-state index in [-0.39, 0.29) is 5.78 Å². The van der Waals surface area contributed by atoms with Gasteiger partial charge in [0.15, 0.2) is 5.78 Å². The lowest BCUT2D eigenvalue weighted by molar-refractivity contribution is 0.101. The van der Waals surface area contributed by atoms with Crippen LogP contribution in [0.4, 0.5) is 0 Å². The number of carbonyl (C=O) groups is 2. The second-order valence-electron chi connectivity index (χ2n) is 4.61. The Bertz CT molecular complexity index is 801. The molecule has 0 aliphatic carbocycles. The molecule has 0 amide bonds. The quantitative estimate of drug-likeness (QED) is 0.583. The SMILES string of the molecule is CC(=O)c1ccc(-c2nc3ccc(C=O)cc3[nH]2)cc1. The van der Waals surface area contributed by atoms with Crippen LogP contribution < -0.4 is 0 Å². The van der Waals surface area contributed by atoms with Crippen molar-refractivity contribution >= 4 is 23.1 Å². The van der Waals surface area contributed by atoms with Gasteiger partial charge in [0.25, 0.3) is 0 Å². The van der Waals surface area contributed by atoms with Crippen molar-refractivity contribution < 1.29 is 9.59 Å². The number of nitrogens with zero attached hydrogens (tertiary/aromatic N) is 1. The van der Waals surface area contributed by atoms with Gasteiger partial charge in [-0.15, -0.1) is 0 Å². The summed E-state index contributed by atoms with van der Waals surface area (Å²) in [4.78, 5) is 29.7. The third-order valence-electron chi connectivity index (χ3n) is 3.21. The lowest BCUT2D eigenvalue weighted by Crippen LogP contribution is -1.91. The van der Waals surface area contributed by atoms with Crippen LogP contribution in [0.2, 0.25) is 0 Å². The Morgan fingerprint density at radius 3 is 2.55 bits per heavy atom. The van der Waals surface area contributed by atoms with Crippen molar-refractivity contribution in [2.75, 3.05) is 0 Å². The molecule has 0 spiro atoms. The minimum atomic E-state index is 0.0387. The van der Waals surface area contributed by atoms with Crippen LogP contribution in [0.25, 0.3) is 22.4 Å². The van der Waals surface area contributed by atoms with Gasteiger partial charge in [-0.2, -0.15) is 0 Å². The summed E-state index contributed by atoms with van der Waals surface area (Å²) in [7, 11) is 0. The first kappa shape index (κ1) is 12.3. The molecule has 0 fully saturated rings. The zero-order chi connectivity index (χ0) is 14.1. The van der Waals surface area contributed by atoms with Gasteiger partial charge in [0.05, 0.1) is 11.0 Å². The fourth-order valence-corrected chi connectivity index (χ4v) is 2.10. The fourth-order valence-electron chi connectivity index (χ4n) is 2.10. The molecule has 0 aliphatic rings. The lowest BCUT2D eigenvalue weighted by atomic mass is 10.1. The van der Waals surface area contributed by atoms with E-state index in [1.165, 1.54) is 6.92 Å². The van der Waals surface area contributed by atoms with Gasteiger partial charge in [-0.1, -0.05) is 24.3 Å². The van der Waals surface area contributed by atoms with Gasteiger partial charge in [-0.25, -0.2) is 4.98 Å². The predicted molar refractivity (Wildman–Crippen MR) is 76.9 cm³/mol. The molecule has 1 N–H and O–H groups in total. The standard InChI is InChI=1S/C16H12N2O2/c1-10(20)12-3-5-13(6-4-12)16-17-14-7-2-11(9-19)8-15(14)18-16/h2-9H,1H3,(H,17,18). The van der Waals surface area contributed by atoms with E-state index in [2.05, 4.69) is 9.97 Å². The van der Waals surface area contributed by atoms with E-state index < -0.39 is 0 Å². The van der Waals surface area contributed by atoms with Gasteiger partial charge in [0.2, 0.25) is 0 Å². The summed E-state index contributed by atoms with van der Waals surface area (Å²) < 4.78 is 0. The van der Waals surface area contributed by atoms with E-state index in [1.807, 2.05) is 18.2 Å². The number of ketones is 1. The summed E-state index contributed by atoms with van der Waals surface area (Å²) in [6.07, 6.45) is 0.807. The molecule has 0 saturated carbocycles. The second-order valence-corrected chi connectivity index (χ2v) is 4.61. The molecule has 2 aromatic carbocycles. The molecule has 98 valence electrons. The third-order valence-corrected chi connectivity index (χ3v) is 3.21. The summed E-state index contributed by atoms with van der Waals surface area (Å²) >= 11 is 0. The zero-order valence-corrected chi connectivity index (χ0v) is 10.9. The molecular weight excluding hydrogens is 252 g/mol. The highest BCUT2D eigenvalue weighted by molar-refractivity contribution is 5.94. The molecule has 1 heterocycles. The van der Waals surface area contributed by atoms with Crippen molar-refractivity contribution in [3.05, 3.63) is 53.6 Å². The molecular formula is C16H12N2O2. The Kier molecular flexibility index (Phi) is 2.91. The number of aldehydes is 1. The molecule has 4 heteroatoms. The van der Waals surface area contributed by atoms with Crippen LogP contribution in [-0.2, 0) is 0 Å². The van der Waals surface area contributed by atoms with E-state index in [0.717, 1.165) is 28.7 Å². The third kappa shape index (κ3) is 2.12. The van der Waals surface area contributed by atoms with Crippen LogP contribution in [0.15, 0.2) is 42.5 Å². The Labute approximate surface area is 115 Å². The van der Waals surface area contributed by atoms with Gasteiger partial charge < -0.3 is 4.98 Å². The number of H-pyrrole nitrogens is 1. The Morgan fingerprint density at radius 1 is 1.15 bits per heavy atom. The van der Waals surface area contributed by atoms with Crippen LogP contribution >= 0.6 is 0 Å². The number of benzene rings is 2. The van der Waals surface area contributed by atoms with Crippen molar-refractivity contribution in [1.82, 2.24) is 9.97 Å². The minimum Gasteiger partial charge on any atom is -0.338 e. The molecule has 0 atom stereocenters.